The third-order valence-electron chi connectivity index (χ3n) is 7.02. The lowest BCUT2D eigenvalue weighted by atomic mass is 9.86. The number of ether oxygens (including phenoxy) is 2. The summed E-state index contributed by atoms with van der Waals surface area (Å²) < 4.78 is 12.6. The number of aliphatic hydroxyl groups is 1. The summed E-state index contributed by atoms with van der Waals surface area (Å²) in [6.45, 7) is 0. The van der Waals surface area contributed by atoms with E-state index in [9.17, 15) is 9.90 Å². The van der Waals surface area contributed by atoms with E-state index in [-0.39, 0.29) is 35.2 Å². The van der Waals surface area contributed by atoms with Gasteiger partial charge in [0, 0.05) is 26.4 Å². The highest BCUT2D eigenvalue weighted by molar-refractivity contribution is 5.85. The largest absolute Gasteiger partial charge is 1.00 e. The lowest BCUT2D eigenvalue weighted by molar-refractivity contribution is -0.932. The van der Waals surface area contributed by atoms with E-state index in [1.807, 2.05) is 36.4 Å². The Bertz CT molecular complexity index is 819. The number of rotatable bonds is 5. The van der Waals surface area contributed by atoms with Crippen molar-refractivity contribution in [2.45, 2.75) is 49.2 Å². The Morgan fingerprint density at radius 3 is 2.00 bits per heavy atom. The van der Waals surface area contributed by atoms with Crippen LogP contribution in [0.2, 0.25) is 0 Å². The predicted octanol–water partition coefficient (Wildman–Crippen LogP) is -0.136. The highest BCUT2D eigenvalue weighted by Gasteiger charge is 2.56. The Morgan fingerprint density at radius 1 is 0.967 bits per heavy atom. The number of halogens is 1. The minimum Gasteiger partial charge on any atom is -1.00 e. The molecule has 0 unspecified atom stereocenters. The van der Waals surface area contributed by atoms with Crippen LogP contribution in [0.15, 0.2) is 60.7 Å². The van der Waals surface area contributed by atoms with Crippen LogP contribution in [0.3, 0.4) is 0 Å². The van der Waals surface area contributed by atoms with Crippen molar-refractivity contribution >= 4 is 5.97 Å². The van der Waals surface area contributed by atoms with Crippen molar-refractivity contribution in [1.29, 1.82) is 0 Å². The van der Waals surface area contributed by atoms with Gasteiger partial charge < -0.3 is 36.0 Å². The van der Waals surface area contributed by atoms with Gasteiger partial charge in [0.15, 0.2) is 0 Å². The molecule has 2 fully saturated rings. The van der Waals surface area contributed by atoms with E-state index >= 15 is 0 Å². The van der Waals surface area contributed by atoms with Crippen LogP contribution in [0.4, 0.5) is 0 Å². The number of methoxy groups -OCH3 is 1. The van der Waals surface area contributed by atoms with E-state index in [4.69, 9.17) is 9.47 Å². The molecule has 0 aromatic heterocycles. The lowest BCUT2D eigenvalue weighted by Gasteiger charge is -2.44. The zero-order valence-electron chi connectivity index (χ0n) is 17.7. The minimum absolute atomic E-state index is 0. The lowest BCUT2D eigenvalue weighted by Crippen LogP contribution is -3.00. The normalized spacial score (nSPS) is 27.2. The van der Waals surface area contributed by atoms with Crippen LogP contribution >= 0.6 is 0 Å². The fourth-order valence-corrected chi connectivity index (χ4v) is 5.20. The van der Waals surface area contributed by atoms with Crippen LogP contribution < -0.4 is 17.0 Å². The van der Waals surface area contributed by atoms with E-state index in [0.717, 1.165) is 23.7 Å². The van der Waals surface area contributed by atoms with E-state index in [1.54, 1.807) is 31.4 Å². The molecule has 0 spiro atoms. The first-order valence-electron chi connectivity index (χ1n) is 10.3. The molecule has 5 nitrogen and oxygen atoms in total. The van der Waals surface area contributed by atoms with Crippen molar-refractivity contribution in [1.82, 2.24) is 0 Å². The zero-order chi connectivity index (χ0) is 20.6. The molecule has 0 saturated carbocycles. The molecule has 4 atom stereocenters. The number of piperidine rings is 1. The minimum atomic E-state index is -1.83. The van der Waals surface area contributed by atoms with E-state index in [1.165, 1.54) is 0 Å². The maximum Gasteiger partial charge on any atom is 0.347 e. The Kier molecular flexibility index (Phi) is 6.72. The second-order valence-corrected chi connectivity index (χ2v) is 8.80. The molecule has 4 rings (SSSR count). The average molecular weight is 476 g/mol. The van der Waals surface area contributed by atoms with Gasteiger partial charge in [-0.1, -0.05) is 60.7 Å². The van der Waals surface area contributed by atoms with Crippen LogP contribution in [0.25, 0.3) is 0 Å². The van der Waals surface area contributed by atoms with Gasteiger partial charge in [-0.3, -0.25) is 0 Å². The number of carbonyl (C=O) groups excluding carboxylic acids is 1. The van der Waals surface area contributed by atoms with Gasteiger partial charge in [0.1, 0.15) is 18.2 Å². The summed E-state index contributed by atoms with van der Waals surface area (Å²) in [4.78, 5) is 13.4. The molecule has 0 amide bonds. The molecular weight excluding hydrogens is 446 g/mol. The molecule has 2 heterocycles. The standard InChI is InChI=1S/C24H30NO4.BrH/c1-25(2)19-14-20(16-21(25)22(15-19)28-3)29-23(26)24(27,17-10-6-4-7-11-17)18-12-8-5-9-13-18;/h4-13,19-22,27H,14-16H2,1-3H3;1H/q+1;/p-1/t19-,20-,21+,22-;/m1./s1. The number of quaternary nitrogens is 1. The number of benzene rings is 2. The predicted molar refractivity (Wildman–Crippen MR) is 110 cm³/mol. The van der Waals surface area contributed by atoms with E-state index in [0.29, 0.717) is 17.2 Å². The van der Waals surface area contributed by atoms with Crippen LogP contribution in [-0.4, -0.2) is 61.1 Å². The summed E-state index contributed by atoms with van der Waals surface area (Å²) in [6, 6.07) is 18.7. The average Bonchev–Trinajstić information content (AvgIpc) is 2.87. The third kappa shape index (κ3) is 3.82. The third-order valence-corrected chi connectivity index (χ3v) is 7.02. The van der Waals surface area contributed by atoms with Gasteiger partial charge in [-0.15, -0.1) is 0 Å². The van der Waals surface area contributed by atoms with Gasteiger partial charge in [0.05, 0.1) is 20.1 Å². The molecule has 2 aliphatic heterocycles. The number of carbonyl (C=O) groups is 1. The fourth-order valence-electron chi connectivity index (χ4n) is 5.20. The van der Waals surface area contributed by atoms with Gasteiger partial charge in [-0.2, -0.15) is 0 Å². The van der Waals surface area contributed by atoms with Crippen molar-refractivity contribution < 1.29 is 40.8 Å². The SMILES string of the molecule is CO[C@@H]1C[C@H]2C[C@@H](OC(=O)C(O)(c3ccccc3)c3ccccc3)C[C@@H]1[N+]2(C)C.[Br-]. The first-order chi connectivity index (χ1) is 13.9. The van der Waals surface area contributed by atoms with Crippen molar-refractivity contribution in [2.75, 3.05) is 21.2 Å². The number of esters is 1. The molecule has 1 N–H and O–H groups in total. The molecule has 2 aromatic rings. The van der Waals surface area contributed by atoms with Crippen molar-refractivity contribution in [3.05, 3.63) is 71.8 Å². The Balaban J connectivity index is 0.00000256. The van der Waals surface area contributed by atoms with Crippen LogP contribution in [0.1, 0.15) is 30.4 Å². The van der Waals surface area contributed by atoms with Crippen LogP contribution in [0.5, 0.6) is 0 Å². The summed E-state index contributed by atoms with van der Waals surface area (Å²) in [5.74, 6) is -0.611. The first kappa shape index (κ1) is 22.9. The smallest absolute Gasteiger partial charge is 0.347 e. The second kappa shape index (κ2) is 8.79. The summed E-state index contributed by atoms with van der Waals surface area (Å²) in [7, 11) is 6.23. The van der Waals surface area contributed by atoms with Crippen LogP contribution in [-0.2, 0) is 19.9 Å². The van der Waals surface area contributed by atoms with Gasteiger partial charge in [-0.25, -0.2) is 4.79 Å². The quantitative estimate of drug-likeness (QED) is 0.483. The van der Waals surface area contributed by atoms with Crippen molar-refractivity contribution in [3.63, 3.8) is 0 Å². The van der Waals surface area contributed by atoms with Crippen molar-refractivity contribution in [2.24, 2.45) is 0 Å². The topological polar surface area (TPSA) is 55.8 Å². The number of likely N-dealkylation sites (N-methyl/N-ethyl adjacent to an activating group) is 1. The Labute approximate surface area is 189 Å². The Hall–Kier alpha value is -1.73. The highest BCUT2D eigenvalue weighted by atomic mass is 79.9. The molecule has 0 radical (unpaired) electrons. The molecule has 2 aromatic carbocycles. The van der Waals surface area contributed by atoms with Crippen molar-refractivity contribution in [3.8, 4) is 0 Å². The summed E-state index contributed by atoms with van der Waals surface area (Å²) in [6.07, 6.45) is 2.47. The number of nitrogens with zero attached hydrogens (tertiary/aromatic N) is 1. The number of hydrogen-bond donors (Lipinski definition) is 1. The van der Waals surface area contributed by atoms with Gasteiger partial charge in [0.2, 0.25) is 5.60 Å². The zero-order valence-corrected chi connectivity index (χ0v) is 19.3. The first-order valence-corrected chi connectivity index (χ1v) is 10.3. The molecular formula is C24H30BrNO4. The summed E-state index contributed by atoms with van der Waals surface area (Å²) in [5.41, 5.74) is -0.800. The summed E-state index contributed by atoms with van der Waals surface area (Å²) >= 11 is 0. The van der Waals surface area contributed by atoms with E-state index < -0.39 is 11.6 Å². The molecule has 0 aliphatic carbocycles. The van der Waals surface area contributed by atoms with Gasteiger partial charge in [-0.05, 0) is 11.1 Å². The van der Waals surface area contributed by atoms with Gasteiger partial charge in [0.25, 0.3) is 0 Å². The molecule has 2 saturated heterocycles. The Morgan fingerprint density at radius 2 is 1.50 bits per heavy atom. The van der Waals surface area contributed by atoms with E-state index in [2.05, 4.69) is 14.1 Å². The summed E-state index contributed by atoms with van der Waals surface area (Å²) in [5, 5.41) is 11.6. The molecule has 2 aliphatic rings. The molecule has 30 heavy (non-hydrogen) atoms. The molecule has 2 bridgehead atoms. The maximum atomic E-state index is 13.4. The maximum absolute atomic E-state index is 13.4. The van der Waals surface area contributed by atoms with Crippen LogP contribution in [0, 0.1) is 0 Å². The monoisotopic (exact) mass is 475 g/mol. The number of fused-ring (bicyclic) bond motifs is 2. The molecule has 162 valence electrons. The number of hydrogen-bond acceptors (Lipinski definition) is 4. The van der Waals surface area contributed by atoms with Gasteiger partial charge >= 0.3 is 5.97 Å². The molecule has 6 heteroatoms. The fraction of sp³-hybridized carbons (Fsp3) is 0.458. The highest BCUT2D eigenvalue weighted by Crippen LogP contribution is 2.43. The second-order valence-electron chi connectivity index (χ2n) is 8.80.